The van der Waals surface area contributed by atoms with Gasteiger partial charge in [-0.25, -0.2) is 0 Å². The first-order chi connectivity index (χ1) is 8.45. The molecular weight excluding hydrogens is 249 g/mol. The maximum Gasteiger partial charge on any atom is 0.471 e. The Bertz CT molecular complexity index is 454. The monoisotopic (exact) mass is 258 g/mol. The van der Waals surface area contributed by atoms with Crippen molar-refractivity contribution in [2.75, 3.05) is 6.54 Å². The van der Waals surface area contributed by atoms with E-state index in [2.05, 4.69) is 10.0 Å². The van der Waals surface area contributed by atoms with Gasteiger partial charge in [-0.1, -0.05) is 35.4 Å². The number of carbonyl (C=O) groups is 1. The van der Waals surface area contributed by atoms with Crippen LogP contribution in [0.25, 0.3) is 10.4 Å². The number of rotatable bonds is 4. The highest BCUT2D eigenvalue weighted by molar-refractivity contribution is 5.82. The number of benzene rings is 1. The summed E-state index contributed by atoms with van der Waals surface area (Å²) in [4.78, 5) is 13.3. The van der Waals surface area contributed by atoms with E-state index in [1.165, 1.54) is 12.1 Å². The minimum absolute atomic E-state index is 0.289. The second-order valence-corrected chi connectivity index (χ2v) is 3.35. The summed E-state index contributed by atoms with van der Waals surface area (Å²) in [6.07, 6.45) is -4.97. The van der Waals surface area contributed by atoms with Crippen molar-refractivity contribution in [1.29, 1.82) is 0 Å². The third-order valence-electron chi connectivity index (χ3n) is 2.09. The van der Waals surface area contributed by atoms with Crippen molar-refractivity contribution in [2.24, 2.45) is 5.11 Å². The van der Waals surface area contributed by atoms with Gasteiger partial charge in [0.15, 0.2) is 0 Å². The van der Waals surface area contributed by atoms with Gasteiger partial charge >= 0.3 is 12.1 Å². The van der Waals surface area contributed by atoms with Crippen molar-refractivity contribution < 1.29 is 18.0 Å². The standard InChI is InChI=1S/C10H9F3N4O/c11-10(12,13)9(18)16-8(6-15-17-14)7-4-2-1-3-5-7/h1-5,8H,6H2,(H,16,18)/t8-/m1/s1. The lowest BCUT2D eigenvalue weighted by molar-refractivity contribution is -0.174. The molecule has 0 saturated heterocycles. The van der Waals surface area contributed by atoms with E-state index in [9.17, 15) is 18.0 Å². The van der Waals surface area contributed by atoms with Crippen LogP contribution in [0.1, 0.15) is 11.6 Å². The lowest BCUT2D eigenvalue weighted by Gasteiger charge is -2.18. The molecule has 0 saturated carbocycles. The molecule has 18 heavy (non-hydrogen) atoms. The van der Waals surface area contributed by atoms with Crippen LogP contribution < -0.4 is 5.32 Å². The molecule has 8 heteroatoms. The number of amides is 1. The highest BCUT2D eigenvalue weighted by Crippen LogP contribution is 2.19. The first-order valence-corrected chi connectivity index (χ1v) is 4.88. The summed E-state index contributed by atoms with van der Waals surface area (Å²) in [6.45, 7) is -0.289. The molecule has 0 heterocycles. The topological polar surface area (TPSA) is 77.9 Å². The first-order valence-electron chi connectivity index (χ1n) is 4.88. The zero-order valence-electron chi connectivity index (χ0n) is 9.05. The normalized spacial score (nSPS) is 12.4. The van der Waals surface area contributed by atoms with Crippen molar-refractivity contribution in [1.82, 2.24) is 5.32 Å². The summed E-state index contributed by atoms with van der Waals surface area (Å²) in [5.74, 6) is -2.07. The number of azide groups is 1. The molecule has 0 aromatic heterocycles. The highest BCUT2D eigenvalue weighted by Gasteiger charge is 2.39. The molecule has 1 amide bonds. The number of alkyl halides is 3. The quantitative estimate of drug-likeness (QED) is 0.503. The summed E-state index contributed by atoms with van der Waals surface area (Å²) in [7, 11) is 0. The van der Waals surface area contributed by atoms with E-state index in [-0.39, 0.29) is 6.54 Å². The number of nitrogens with one attached hydrogen (secondary N) is 1. The van der Waals surface area contributed by atoms with Crippen molar-refractivity contribution >= 4 is 5.91 Å². The van der Waals surface area contributed by atoms with Crippen molar-refractivity contribution in [3.63, 3.8) is 0 Å². The van der Waals surface area contributed by atoms with Gasteiger partial charge < -0.3 is 5.32 Å². The van der Waals surface area contributed by atoms with Crippen LogP contribution in [0.2, 0.25) is 0 Å². The maximum absolute atomic E-state index is 12.1. The van der Waals surface area contributed by atoms with Gasteiger partial charge in [-0.2, -0.15) is 13.2 Å². The Morgan fingerprint density at radius 1 is 1.39 bits per heavy atom. The second kappa shape index (κ2) is 5.92. The molecule has 0 unspecified atom stereocenters. The summed E-state index contributed by atoms with van der Waals surface area (Å²) in [5.41, 5.74) is 8.61. The first kappa shape index (κ1) is 13.9. The van der Waals surface area contributed by atoms with Crippen molar-refractivity contribution in [2.45, 2.75) is 12.2 Å². The van der Waals surface area contributed by atoms with Gasteiger partial charge in [0.1, 0.15) is 0 Å². The fraction of sp³-hybridized carbons (Fsp3) is 0.300. The van der Waals surface area contributed by atoms with Crippen LogP contribution in [0.15, 0.2) is 35.4 Å². The van der Waals surface area contributed by atoms with Gasteiger partial charge in [0.25, 0.3) is 0 Å². The average Bonchev–Trinajstić information content (AvgIpc) is 2.34. The molecular formula is C10H9F3N4O. The summed E-state index contributed by atoms with van der Waals surface area (Å²) in [6, 6.07) is 6.97. The number of nitrogens with zero attached hydrogens (tertiary/aromatic N) is 3. The molecule has 1 atom stereocenters. The zero-order valence-corrected chi connectivity index (χ0v) is 9.05. The Hall–Kier alpha value is -2.21. The van der Waals surface area contributed by atoms with Gasteiger partial charge in [-0.05, 0) is 11.1 Å². The molecule has 0 spiro atoms. The van der Waals surface area contributed by atoms with Gasteiger partial charge in [-0.3, -0.25) is 4.79 Å². The third-order valence-corrected chi connectivity index (χ3v) is 2.09. The SMILES string of the molecule is [N-]=[N+]=NC[C@@H](NC(=O)C(F)(F)F)c1ccccc1. The summed E-state index contributed by atoms with van der Waals surface area (Å²) >= 11 is 0. The third kappa shape index (κ3) is 3.99. The molecule has 0 aliphatic heterocycles. The minimum Gasteiger partial charge on any atom is -0.341 e. The maximum atomic E-state index is 12.1. The van der Waals surface area contributed by atoms with Crippen LogP contribution >= 0.6 is 0 Å². The van der Waals surface area contributed by atoms with E-state index in [1.54, 1.807) is 23.5 Å². The van der Waals surface area contributed by atoms with E-state index in [0.717, 1.165) is 0 Å². The Kier molecular flexibility index (Phi) is 4.56. The van der Waals surface area contributed by atoms with Crippen LogP contribution in [-0.2, 0) is 4.79 Å². The number of halogens is 3. The molecule has 96 valence electrons. The van der Waals surface area contributed by atoms with E-state index < -0.39 is 18.1 Å². The average molecular weight is 258 g/mol. The van der Waals surface area contributed by atoms with E-state index in [4.69, 9.17) is 5.53 Å². The number of carbonyl (C=O) groups excluding carboxylic acids is 1. The molecule has 0 aliphatic carbocycles. The molecule has 1 aromatic carbocycles. The highest BCUT2D eigenvalue weighted by atomic mass is 19.4. The molecule has 1 rings (SSSR count). The minimum atomic E-state index is -4.97. The number of hydrogen-bond acceptors (Lipinski definition) is 2. The van der Waals surface area contributed by atoms with Crippen LogP contribution in [-0.4, -0.2) is 18.6 Å². The lowest BCUT2D eigenvalue weighted by Crippen LogP contribution is -2.40. The molecule has 0 fully saturated rings. The van der Waals surface area contributed by atoms with E-state index in [0.29, 0.717) is 5.56 Å². The number of hydrogen-bond donors (Lipinski definition) is 1. The van der Waals surface area contributed by atoms with Gasteiger partial charge in [0, 0.05) is 4.91 Å². The molecule has 1 aromatic rings. The Labute approximate surface area is 100 Å². The predicted octanol–water partition coefficient (Wildman–Crippen LogP) is 2.72. The van der Waals surface area contributed by atoms with Gasteiger partial charge in [-0.15, -0.1) is 0 Å². The fourth-order valence-electron chi connectivity index (χ4n) is 1.28. The predicted molar refractivity (Wildman–Crippen MR) is 57.4 cm³/mol. The van der Waals surface area contributed by atoms with E-state index >= 15 is 0 Å². The van der Waals surface area contributed by atoms with Gasteiger partial charge in [0.05, 0.1) is 12.6 Å². The summed E-state index contributed by atoms with van der Waals surface area (Å²) < 4.78 is 36.4. The lowest BCUT2D eigenvalue weighted by atomic mass is 10.1. The zero-order chi connectivity index (χ0) is 13.6. The van der Waals surface area contributed by atoms with Crippen molar-refractivity contribution in [3.05, 3.63) is 46.3 Å². The van der Waals surface area contributed by atoms with Crippen LogP contribution in [0.5, 0.6) is 0 Å². The smallest absolute Gasteiger partial charge is 0.341 e. The molecule has 0 aliphatic rings. The van der Waals surface area contributed by atoms with Gasteiger partial charge in [0.2, 0.25) is 0 Å². The Morgan fingerprint density at radius 2 is 2.00 bits per heavy atom. The molecule has 0 bridgehead atoms. The summed E-state index contributed by atoms with van der Waals surface area (Å²) in [5, 5.41) is 4.96. The second-order valence-electron chi connectivity index (χ2n) is 3.35. The molecule has 0 radical (unpaired) electrons. The largest absolute Gasteiger partial charge is 0.471 e. The fourth-order valence-corrected chi connectivity index (χ4v) is 1.28. The Balaban J connectivity index is 2.86. The Morgan fingerprint density at radius 3 is 2.50 bits per heavy atom. The molecule has 1 N–H and O–H groups in total. The van der Waals surface area contributed by atoms with Crippen LogP contribution in [0.3, 0.4) is 0 Å². The van der Waals surface area contributed by atoms with E-state index in [1.807, 2.05) is 0 Å². The van der Waals surface area contributed by atoms with Crippen LogP contribution in [0.4, 0.5) is 13.2 Å². The van der Waals surface area contributed by atoms with Crippen molar-refractivity contribution in [3.8, 4) is 0 Å². The molecule has 5 nitrogen and oxygen atoms in total. The van der Waals surface area contributed by atoms with Crippen LogP contribution in [0, 0.1) is 0 Å².